The Labute approximate surface area is 169 Å². The summed E-state index contributed by atoms with van der Waals surface area (Å²) in [5.41, 5.74) is 0.667. The van der Waals surface area contributed by atoms with Crippen molar-refractivity contribution in [3.05, 3.63) is 57.5 Å². The molecule has 0 unspecified atom stereocenters. The average molecular weight is 424 g/mol. The van der Waals surface area contributed by atoms with E-state index in [2.05, 4.69) is 5.32 Å². The Hall–Kier alpha value is -2.16. The van der Waals surface area contributed by atoms with Crippen molar-refractivity contribution in [2.24, 2.45) is 0 Å². The van der Waals surface area contributed by atoms with Crippen LogP contribution in [0.1, 0.15) is 24.8 Å². The summed E-state index contributed by atoms with van der Waals surface area (Å²) in [4.78, 5) is 24.8. The Balaban J connectivity index is 1.82. The number of benzene rings is 1. The molecule has 1 amide bonds. The zero-order chi connectivity index (χ0) is 20.3. The molecule has 0 radical (unpaired) electrons. The van der Waals surface area contributed by atoms with Gasteiger partial charge in [0, 0.05) is 30.0 Å². The molecule has 0 atom stereocenters. The highest BCUT2D eigenvalue weighted by molar-refractivity contribution is 7.89. The molecule has 0 spiro atoms. The number of nitrogens with one attached hydrogen (secondary N) is 1. The van der Waals surface area contributed by atoms with E-state index in [4.69, 9.17) is 11.6 Å². The number of hydrogen-bond acceptors (Lipinski definition) is 4. The Kier molecular flexibility index (Phi) is 6.22. The molecular weight excluding hydrogens is 402 g/mol. The summed E-state index contributed by atoms with van der Waals surface area (Å²) in [6.07, 6.45) is 3.94. The van der Waals surface area contributed by atoms with Crippen LogP contribution >= 0.6 is 11.6 Å². The molecule has 1 aliphatic heterocycles. The molecule has 1 fully saturated rings. The number of halogens is 1. The average Bonchev–Trinajstić information content (AvgIpc) is 2.67. The van der Waals surface area contributed by atoms with Crippen LogP contribution in [0.5, 0.6) is 0 Å². The third-order valence-electron chi connectivity index (χ3n) is 4.71. The van der Waals surface area contributed by atoms with Crippen molar-refractivity contribution >= 4 is 33.2 Å². The lowest BCUT2D eigenvalue weighted by atomic mass is 10.2. The van der Waals surface area contributed by atoms with Gasteiger partial charge < -0.3 is 9.88 Å². The van der Waals surface area contributed by atoms with Crippen molar-refractivity contribution in [2.45, 2.75) is 37.6 Å². The summed E-state index contributed by atoms with van der Waals surface area (Å²) in [6, 6.07) is 7.87. The number of carbonyl (C=O) groups excluding carboxylic acids is 1. The van der Waals surface area contributed by atoms with Gasteiger partial charge >= 0.3 is 0 Å². The van der Waals surface area contributed by atoms with Gasteiger partial charge in [-0.15, -0.1) is 0 Å². The van der Waals surface area contributed by atoms with Crippen molar-refractivity contribution in [1.29, 1.82) is 0 Å². The number of amides is 1. The van der Waals surface area contributed by atoms with Gasteiger partial charge in [-0.25, -0.2) is 8.42 Å². The highest BCUT2D eigenvalue weighted by Crippen LogP contribution is 2.20. The standard InChI is InChI=1S/C19H22ClN3O4S/c1-14-7-8-15(20)12-16(14)21-18(24)13-22-9-5-6-17(19(22)25)28(26,27)23-10-3-2-4-11-23/h5-9,12H,2-4,10-11,13H2,1H3,(H,21,24). The molecule has 0 saturated carbocycles. The molecule has 1 aromatic carbocycles. The van der Waals surface area contributed by atoms with E-state index < -0.39 is 21.5 Å². The molecule has 0 bridgehead atoms. The number of pyridine rings is 1. The van der Waals surface area contributed by atoms with Gasteiger partial charge in [0.05, 0.1) is 0 Å². The normalized spacial score (nSPS) is 15.4. The molecule has 150 valence electrons. The minimum absolute atomic E-state index is 0.297. The highest BCUT2D eigenvalue weighted by atomic mass is 35.5. The quantitative estimate of drug-likeness (QED) is 0.800. The third kappa shape index (κ3) is 4.45. The summed E-state index contributed by atoms with van der Waals surface area (Å²) < 4.78 is 28.1. The van der Waals surface area contributed by atoms with Gasteiger partial charge in [-0.2, -0.15) is 4.31 Å². The molecule has 2 aromatic rings. The lowest BCUT2D eigenvalue weighted by molar-refractivity contribution is -0.116. The van der Waals surface area contributed by atoms with Crippen molar-refractivity contribution < 1.29 is 13.2 Å². The van der Waals surface area contributed by atoms with E-state index in [1.54, 1.807) is 18.2 Å². The first kappa shape index (κ1) is 20.6. The fourth-order valence-corrected chi connectivity index (χ4v) is 4.93. The second-order valence-electron chi connectivity index (χ2n) is 6.78. The molecule has 7 nitrogen and oxygen atoms in total. The van der Waals surface area contributed by atoms with E-state index >= 15 is 0 Å². The molecule has 3 rings (SSSR count). The molecular formula is C19H22ClN3O4S. The summed E-state index contributed by atoms with van der Waals surface area (Å²) >= 11 is 5.95. The summed E-state index contributed by atoms with van der Waals surface area (Å²) in [6.45, 7) is 2.34. The number of aryl methyl sites for hydroxylation is 1. The molecule has 0 aliphatic carbocycles. The van der Waals surface area contributed by atoms with E-state index in [-0.39, 0.29) is 11.4 Å². The molecule has 1 saturated heterocycles. The van der Waals surface area contributed by atoms with Crippen LogP contribution in [0.25, 0.3) is 0 Å². The van der Waals surface area contributed by atoms with Crippen molar-refractivity contribution in [3.8, 4) is 0 Å². The number of carbonyl (C=O) groups is 1. The second kappa shape index (κ2) is 8.46. The molecule has 28 heavy (non-hydrogen) atoms. The van der Waals surface area contributed by atoms with E-state index in [0.717, 1.165) is 29.4 Å². The van der Waals surface area contributed by atoms with Crippen molar-refractivity contribution in [3.63, 3.8) is 0 Å². The van der Waals surface area contributed by atoms with Gasteiger partial charge in [-0.05, 0) is 49.6 Å². The van der Waals surface area contributed by atoms with Gasteiger partial charge in [0.2, 0.25) is 15.9 Å². The predicted octanol–water partition coefficient (Wildman–Crippen LogP) is 2.62. The van der Waals surface area contributed by atoms with Crippen LogP contribution in [-0.2, 0) is 21.4 Å². The summed E-state index contributed by atoms with van der Waals surface area (Å²) in [5, 5.41) is 3.18. The van der Waals surface area contributed by atoms with E-state index in [9.17, 15) is 18.0 Å². The zero-order valence-electron chi connectivity index (χ0n) is 15.5. The van der Waals surface area contributed by atoms with Crippen LogP contribution in [0.4, 0.5) is 5.69 Å². The van der Waals surface area contributed by atoms with E-state index in [0.29, 0.717) is 23.8 Å². The summed E-state index contributed by atoms with van der Waals surface area (Å²) in [7, 11) is -3.87. The molecule has 1 aliphatic rings. The number of piperidine rings is 1. The van der Waals surface area contributed by atoms with Crippen LogP contribution in [0, 0.1) is 6.92 Å². The van der Waals surface area contributed by atoms with Crippen LogP contribution in [0.3, 0.4) is 0 Å². The maximum atomic E-state index is 12.8. The summed E-state index contributed by atoms with van der Waals surface area (Å²) in [5.74, 6) is -0.444. The van der Waals surface area contributed by atoms with Crippen LogP contribution in [0.15, 0.2) is 46.2 Å². The second-order valence-corrected chi connectivity index (χ2v) is 9.12. The highest BCUT2D eigenvalue weighted by Gasteiger charge is 2.29. The maximum Gasteiger partial charge on any atom is 0.271 e. The molecule has 2 heterocycles. The Morgan fingerprint density at radius 1 is 1.18 bits per heavy atom. The lowest BCUT2D eigenvalue weighted by Gasteiger charge is -2.25. The van der Waals surface area contributed by atoms with Gasteiger partial charge in [0.25, 0.3) is 5.56 Å². The first-order valence-electron chi connectivity index (χ1n) is 9.04. The Morgan fingerprint density at radius 3 is 2.61 bits per heavy atom. The number of aromatic nitrogens is 1. The molecule has 1 N–H and O–H groups in total. The van der Waals surface area contributed by atoms with Crippen LogP contribution < -0.4 is 10.9 Å². The molecule has 1 aromatic heterocycles. The number of rotatable bonds is 5. The van der Waals surface area contributed by atoms with Crippen molar-refractivity contribution in [1.82, 2.24) is 8.87 Å². The van der Waals surface area contributed by atoms with Gasteiger partial charge in [0.15, 0.2) is 0 Å². The first-order valence-corrected chi connectivity index (χ1v) is 10.9. The van der Waals surface area contributed by atoms with Crippen molar-refractivity contribution in [2.75, 3.05) is 18.4 Å². The fourth-order valence-electron chi connectivity index (χ4n) is 3.15. The van der Waals surface area contributed by atoms with Crippen LogP contribution in [-0.4, -0.2) is 36.3 Å². The van der Waals surface area contributed by atoms with Crippen LogP contribution in [0.2, 0.25) is 5.02 Å². The van der Waals surface area contributed by atoms with Gasteiger partial charge in [0.1, 0.15) is 11.4 Å². The number of nitrogens with zero attached hydrogens (tertiary/aromatic N) is 2. The third-order valence-corrected chi connectivity index (χ3v) is 6.85. The molecule has 9 heteroatoms. The van der Waals surface area contributed by atoms with Gasteiger partial charge in [-0.3, -0.25) is 9.59 Å². The van der Waals surface area contributed by atoms with E-state index in [1.807, 2.05) is 6.92 Å². The lowest BCUT2D eigenvalue weighted by Crippen LogP contribution is -2.39. The minimum atomic E-state index is -3.87. The Bertz CT molecular complexity index is 1040. The Morgan fingerprint density at radius 2 is 1.89 bits per heavy atom. The van der Waals surface area contributed by atoms with Gasteiger partial charge in [-0.1, -0.05) is 24.1 Å². The largest absolute Gasteiger partial charge is 0.324 e. The fraction of sp³-hybridized carbons (Fsp3) is 0.368. The number of hydrogen-bond donors (Lipinski definition) is 1. The monoisotopic (exact) mass is 423 g/mol. The predicted molar refractivity (Wildman–Crippen MR) is 108 cm³/mol. The topological polar surface area (TPSA) is 88.5 Å². The smallest absolute Gasteiger partial charge is 0.271 e. The van der Waals surface area contributed by atoms with E-state index in [1.165, 1.54) is 22.6 Å². The first-order chi connectivity index (χ1) is 13.3. The SMILES string of the molecule is Cc1ccc(Cl)cc1NC(=O)Cn1cccc(S(=O)(=O)N2CCCCC2)c1=O. The maximum absolute atomic E-state index is 12.8. The zero-order valence-corrected chi connectivity index (χ0v) is 17.1. The number of sulfonamides is 1. The number of anilines is 1. The minimum Gasteiger partial charge on any atom is -0.324 e.